The van der Waals surface area contributed by atoms with E-state index in [1.807, 2.05) is 36.4 Å². The first-order valence-corrected chi connectivity index (χ1v) is 5.84. The Morgan fingerprint density at radius 1 is 1.05 bits per heavy atom. The van der Waals surface area contributed by atoms with E-state index < -0.39 is 0 Å². The Morgan fingerprint density at radius 2 is 1.89 bits per heavy atom. The lowest BCUT2D eigenvalue weighted by Crippen LogP contribution is -1.84. The predicted molar refractivity (Wildman–Crippen MR) is 71.6 cm³/mol. The van der Waals surface area contributed by atoms with Crippen LogP contribution < -0.4 is 4.74 Å². The molecule has 19 heavy (non-hydrogen) atoms. The van der Waals surface area contributed by atoms with Crippen molar-refractivity contribution in [3.05, 3.63) is 48.8 Å². The number of benzene rings is 1. The first-order chi connectivity index (χ1) is 9.36. The molecular formula is C14H12N4O. The molecule has 0 aliphatic rings. The molecule has 1 N–H and O–H groups in total. The van der Waals surface area contributed by atoms with E-state index in [9.17, 15) is 0 Å². The lowest BCUT2D eigenvalue weighted by molar-refractivity contribution is 0.415. The third-order valence-corrected chi connectivity index (χ3v) is 2.77. The number of H-pyrrole nitrogens is 1. The quantitative estimate of drug-likeness (QED) is 0.778. The molecule has 3 aromatic rings. The highest BCUT2D eigenvalue weighted by molar-refractivity contribution is 5.60. The Morgan fingerprint density at radius 3 is 2.58 bits per heavy atom. The van der Waals surface area contributed by atoms with Crippen LogP contribution in [0.25, 0.3) is 22.8 Å². The van der Waals surface area contributed by atoms with Gasteiger partial charge in [0.2, 0.25) is 0 Å². The zero-order valence-corrected chi connectivity index (χ0v) is 10.4. The summed E-state index contributed by atoms with van der Waals surface area (Å²) in [6.07, 6.45) is 3.47. The van der Waals surface area contributed by atoms with Gasteiger partial charge in [0, 0.05) is 23.5 Å². The summed E-state index contributed by atoms with van der Waals surface area (Å²) in [7, 11) is 1.64. The molecule has 3 rings (SSSR count). The number of nitrogens with zero attached hydrogens (tertiary/aromatic N) is 3. The summed E-state index contributed by atoms with van der Waals surface area (Å²) in [5.74, 6) is 2.17. The molecule has 5 heteroatoms. The van der Waals surface area contributed by atoms with Gasteiger partial charge in [-0.15, -0.1) is 0 Å². The molecular weight excluding hydrogens is 240 g/mol. The molecule has 0 saturated heterocycles. The molecule has 5 nitrogen and oxygen atoms in total. The third-order valence-electron chi connectivity index (χ3n) is 2.77. The highest BCUT2D eigenvalue weighted by atomic mass is 16.5. The Balaban J connectivity index is 1.92. The monoisotopic (exact) mass is 252 g/mol. The van der Waals surface area contributed by atoms with Crippen LogP contribution >= 0.6 is 0 Å². The number of rotatable bonds is 3. The minimum atomic E-state index is 0.654. The van der Waals surface area contributed by atoms with Gasteiger partial charge in [-0.05, 0) is 36.4 Å². The minimum Gasteiger partial charge on any atom is -0.497 e. The average molecular weight is 252 g/mol. The maximum atomic E-state index is 5.12. The highest BCUT2D eigenvalue weighted by Crippen LogP contribution is 2.21. The number of hydrogen-bond acceptors (Lipinski definition) is 4. The van der Waals surface area contributed by atoms with Crippen molar-refractivity contribution < 1.29 is 4.74 Å². The molecule has 94 valence electrons. The van der Waals surface area contributed by atoms with Gasteiger partial charge in [-0.2, -0.15) is 5.10 Å². The van der Waals surface area contributed by atoms with E-state index >= 15 is 0 Å². The topological polar surface area (TPSA) is 63.7 Å². The van der Waals surface area contributed by atoms with Crippen LogP contribution in [-0.2, 0) is 0 Å². The van der Waals surface area contributed by atoms with E-state index in [1.165, 1.54) is 0 Å². The van der Waals surface area contributed by atoms with Gasteiger partial charge in [0.15, 0.2) is 11.6 Å². The number of aromatic nitrogens is 4. The van der Waals surface area contributed by atoms with Crippen LogP contribution in [-0.4, -0.2) is 27.3 Å². The van der Waals surface area contributed by atoms with Gasteiger partial charge in [0.05, 0.1) is 7.11 Å². The number of hydrogen-bond donors (Lipinski definition) is 1. The standard InChI is InChI=1S/C14H12N4O/c1-19-12-6-4-10(5-7-12)13-16-14(18-17-13)11-3-2-8-15-9-11/h2-9H,1H3,(H,16,17,18). The largest absolute Gasteiger partial charge is 0.497 e. The normalized spacial score (nSPS) is 10.4. The maximum Gasteiger partial charge on any atom is 0.181 e. The van der Waals surface area contributed by atoms with Crippen molar-refractivity contribution in [2.45, 2.75) is 0 Å². The summed E-state index contributed by atoms with van der Waals surface area (Å²) in [6.45, 7) is 0. The van der Waals surface area contributed by atoms with Gasteiger partial charge in [-0.1, -0.05) is 0 Å². The average Bonchev–Trinajstić information content (AvgIpc) is 2.98. The molecule has 0 amide bonds. The summed E-state index contributed by atoms with van der Waals surface area (Å²) < 4.78 is 5.12. The van der Waals surface area contributed by atoms with Crippen molar-refractivity contribution in [1.82, 2.24) is 20.2 Å². The van der Waals surface area contributed by atoms with Gasteiger partial charge < -0.3 is 4.74 Å². The molecule has 0 aliphatic heterocycles. The van der Waals surface area contributed by atoms with Crippen LogP contribution in [0.3, 0.4) is 0 Å². The fourth-order valence-electron chi connectivity index (χ4n) is 1.76. The molecule has 0 fully saturated rings. The first-order valence-electron chi connectivity index (χ1n) is 5.84. The van der Waals surface area contributed by atoms with Gasteiger partial charge in [-0.25, -0.2) is 4.98 Å². The number of methoxy groups -OCH3 is 1. The van der Waals surface area contributed by atoms with Crippen molar-refractivity contribution in [2.24, 2.45) is 0 Å². The van der Waals surface area contributed by atoms with Crippen molar-refractivity contribution in [3.63, 3.8) is 0 Å². The second-order valence-corrected chi connectivity index (χ2v) is 3.98. The fraction of sp³-hybridized carbons (Fsp3) is 0.0714. The molecule has 2 heterocycles. The number of nitrogens with one attached hydrogen (secondary N) is 1. The van der Waals surface area contributed by atoms with E-state index in [-0.39, 0.29) is 0 Å². The van der Waals surface area contributed by atoms with Crippen LogP contribution in [0.15, 0.2) is 48.8 Å². The Bertz CT molecular complexity index is 661. The Labute approximate surface area is 110 Å². The van der Waals surface area contributed by atoms with Crippen LogP contribution in [0.4, 0.5) is 0 Å². The van der Waals surface area contributed by atoms with Gasteiger partial charge in [0.1, 0.15) is 5.75 Å². The van der Waals surface area contributed by atoms with Crippen LogP contribution in [0.2, 0.25) is 0 Å². The zero-order valence-electron chi connectivity index (χ0n) is 10.4. The summed E-state index contributed by atoms with van der Waals surface area (Å²) >= 11 is 0. The van der Waals surface area contributed by atoms with E-state index in [2.05, 4.69) is 20.2 Å². The van der Waals surface area contributed by atoms with Gasteiger partial charge >= 0.3 is 0 Å². The second kappa shape index (κ2) is 4.89. The van der Waals surface area contributed by atoms with Crippen LogP contribution in [0, 0.1) is 0 Å². The van der Waals surface area contributed by atoms with Crippen molar-refractivity contribution in [3.8, 4) is 28.5 Å². The van der Waals surface area contributed by atoms with Crippen molar-refractivity contribution in [2.75, 3.05) is 7.11 Å². The van der Waals surface area contributed by atoms with E-state index in [0.717, 1.165) is 16.9 Å². The van der Waals surface area contributed by atoms with E-state index in [0.29, 0.717) is 11.6 Å². The fourth-order valence-corrected chi connectivity index (χ4v) is 1.76. The van der Waals surface area contributed by atoms with Gasteiger partial charge in [0.25, 0.3) is 0 Å². The third kappa shape index (κ3) is 2.30. The lowest BCUT2D eigenvalue weighted by Gasteiger charge is -1.99. The van der Waals surface area contributed by atoms with Gasteiger partial charge in [-0.3, -0.25) is 10.1 Å². The molecule has 0 radical (unpaired) electrons. The molecule has 0 bridgehead atoms. The van der Waals surface area contributed by atoms with Crippen molar-refractivity contribution in [1.29, 1.82) is 0 Å². The molecule has 0 unspecified atom stereocenters. The lowest BCUT2D eigenvalue weighted by atomic mass is 10.2. The Hall–Kier alpha value is -2.69. The van der Waals surface area contributed by atoms with E-state index in [4.69, 9.17) is 4.74 Å². The summed E-state index contributed by atoms with van der Waals surface area (Å²) in [5, 5.41) is 7.13. The molecule has 0 aliphatic carbocycles. The first kappa shape index (κ1) is 11.4. The zero-order chi connectivity index (χ0) is 13.1. The summed E-state index contributed by atoms with van der Waals surface area (Å²) in [6, 6.07) is 11.4. The summed E-state index contributed by atoms with van der Waals surface area (Å²) in [4.78, 5) is 8.52. The van der Waals surface area contributed by atoms with E-state index in [1.54, 1.807) is 19.5 Å². The SMILES string of the molecule is COc1ccc(-c2n[nH]c(-c3cccnc3)n2)cc1. The maximum absolute atomic E-state index is 5.12. The molecule has 0 spiro atoms. The summed E-state index contributed by atoms with van der Waals surface area (Å²) in [5.41, 5.74) is 1.85. The molecule has 0 atom stereocenters. The number of aromatic amines is 1. The minimum absolute atomic E-state index is 0.654. The second-order valence-electron chi connectivity index (χ2n) is 3.98. The van der Waals surface area contributed by atoms with Crippen molar-refractivity contribution >= 4 is 0 Å². The number of pyridine rings is 1. The van der Waals surface area contributed by atoms with Crippen LogP contribution in [0.5, 0.6) is 5.75 Å². The highest BCUT2D eigenvalue weighted by Gasteiger charge is 2.07. The van der Waals surface area contributed by atoms with Crippen LogP contribution in [0.1, 0.15) is 0 Å². The number of ether oxygens (including phenoxy) is 1. The predicted octanol–water partition coefficient (Wildman–Crippen LogP) is 2.54. The molecule has 1 aromatic carbocycles. The molecule has 2 aromatic heterocycles. The smallest absolute Gasteiger partial charge is 0.181 e. The Kier molecular flexibility index (Phi) is 2.94. The molecule has 0 saturated carbocycles.